The van der Waals surface area contributed by atoms with Gasteiger partial charge in [0.2, 0.25) is 0 Å². The first-order valence-electron chi connectivity index (χ1n) is 12.5. The Balaban J connectivity index is 1.83. The van der Waals surface area contributed by atoms with Crippen LogP contribution in [0.15, 0.2) is 36.7 Å². The van der Waals surface area contributed by atoms with Gasteiger partial charge in [-0.25, -0.2) is 9.18 Å². The van der Waals surface area contributed by atoms with Gasteiger partial charge < -0.3 is 19.1 Å². The van der Waals surface area contributed by atoms with Crippen molar-refractivity contribution >= 4 is 35.3 Å². The van der Waals surface area contributed by atoms with Crippen LogP contribution in [0.25, 0.3) is 16.7 Å². The average molecular weight is 528 g/mol. The molecule has 2 aromatic heterocycles. The van der Waals surface area contributed by atoms with Crippen molar-refractivity contribution in [1.29, 1.82) is 0 Å². The number of ether oxygens (including phenoxy) is 1. The highest BCUT2D eigenvalue weighted by Crippen LogP contribution is 2.32. The van der Waals surface area contributed by atoms with Crippen LogP contribution in [0, 0.1) is 10.6 Å². The van der Waals surface area contributed by atoms with Crippen molar-refractivity contribution in [3.63, 3.8) is 0 Å². The van der Waals surface area contributed by atoms with Gasteiger partial charge in [-0.05, 0) is 83.9 Å². The summed E-state index contributed by atoms with van der Waals surface area (Å²) in [6.45, 7) is 10.4. The molecule has 1 fully saturated rings. The van der Waals surface area contributed by atoms with Gasteiger partial charge in [0.05, 0.1) is 34.5 Å². The van der Waals surface area contributed by atoms with Crippen LogP contribution in [-0.4, -0.2) is 67.7 Å². The van der Waals surface area contributed by atoms with Crippen LogP contribution in [0.3, 0.4) is 0 Å². The molecule has 0 spiro atoms. The fourth-order valence-electron chi connectivity index (χ4n) is 4.61. The summed E-state index contributed by atoms with van der Waals surface area (Å²) in [6.07, 6.45) is 4.65. The first kappa shape index (κ1) is 26.8. The Morgan fingerprint density at radius 1 is 1.22 bits per heavy atom. The van der Waals surface area contributed by atoms with Gasteiger partial charge in [0, 0.05) is 32.4 Å². The highest BCUT2D eigenvalue weighted by molar-refractivity contribution is 7.71. The van der Waals surface area contributed by atoms with E-state index >= 15 is 0 Å². The monoisotopic (exact) mass is 527 g/mol. The number of piperidine rings is 1. The number of imidazole rings is 1. The molecule has 10 heteroatoms. The van der Waals surface area contributed by atoms with Crippen molar-refractivity contribution in [2.45, 2.75) is 65.1 Å². The first-order valence-corrected chi connectivity index (χ1v) is 12.9. The quantitative estimate of drug-likeness (QED) is 0.404. The van der Waals surface area contributed by atoms with E-state index in [0.29, 0.717) is 29.1 Å². The number of likely N-dealkylation sites (tertiary alicyclic amines) is 1. The van der Waals surface area contributed by atoms with E-state index < -0.39 is 11.4 Å². The fraction of sp³-hybridized carbons (Fsp3) is 0.481. The van der Waals surface area contributed by atoms with E-state index in [4.69, 9.17) is 17.0 Å². The molecular weight excluding hydrogens is 493 g/mol. The first-order chi connectivity index (χ1) is 17.4. The number of fused-ring (bicyclic) bond motifs is 1. The molecule has 1 unspecified atom stereocenters. The summed E-state index contributed by atoms with van der Waals surface area (Å²) < 4.78 is 24.2. The van der Waals surface area contributed by atoms with Gasteiger partial charge in [-0.2, -0.15) is 0 Å². The lowest BCUT2D eigenvalue weighted by Crippen LogP contribution is -2.43. The molecule has 37 heavy (non-hydrogen) atoms. The number of aromatic nitrogens is 3. The van der Waals surface area contributed by atoms with Crippen molar-refractivity contribution in [3.05, 3.63) is 52.8 Å². The zero-order chi connectivity index (χ0) is 27.1. The maximum Gasteiger partial charge on any atom is 0.410 e. The molecule has 4 rings (SSSR count). The van der Waals surface area contributed by atoms with Gasteiger partial charge >= 0.3 is 6.09 Å². The molecule has 1 saturated heterocycles. The third kappa shape index (κ3) is 5.39. The number of rotatable bonds is 4. The summed E-state index contributed by atoms with van der Waals surface area (Å²) in [5.74, 6) is -0.803. The molecule has 0 bridgehead atoms. The highest BCUT2D eigenvalue weighted by Gasteiger charge is 2.31. The van der Waals surface area contributed by atoms with Gasteiger partial charge in [0.1, 0.15) is 11.4 Å². The van der Waals surface area contributed by atoms with Crippen LogP contribution < -0.4 is 0 Å². The van der Waals surface area contributed by atoms with E-state index in [0.717, 1.165) is 18.4 Å². The minimum Gasteiger partial charge on any atom is -0.444 e. The van der Waals surface area contributed by atoms with Gasteiger partial charge in [0.15, 0.2) is 4.77 Å². The zero-order valence-corrected chi connectivity index (χ0v) is 23.0. The van der Waals surface area contributed by atoms with Crippen molar-refractivity contribution in [2.75, 3.05) is 20.1 Å². The summed E-state index contributed by atoms with van der Waals surface area (Å²) in [5, 5.41) is 0. The number of hydrogen-bond donors (Lipinski definition) is 0. The number of hydrogen-bond acceptors (Lipinski definition) is 5. The van der Waals surface area contributed by atoms with Crippen LogP contribution in [0.1, 0.15) is 63.9 Å². The molecule has 3 aromatic rings. The molecule has 198 valence electrons. The third-order valence-electron chi connectivity index (χ3n) is 6.61. The number of benzene rings is 1. The largest absolute Gasteiger partial charge is 0.444 e. The molecule has 0 saturated carbocycles. The van der Waals surface area contributed by atoms with E-state index in [-0.39, 0.29) is 29.6 Å². The summed E-state index contributed by atoms with van der Waals surface area (Å²) in [6, 6.07) is 5.87. The third-order valence-corrected chi connectivity index (χ3v) is 6.99. The van der Waals surface area contributed by atoms with Crippen molar-refractivity contribution < 1.29 is 18.7 Å². The van der Waals surface area contributed by atoms with Crippen molar-refractivity contribution in [2.24, 2.45) is 0 Å². The van der Waals surface area contributed by atoms with Gasteiger partial charge in [-0.3, -0.25) is 14.3 Å². The number of amides is 2. The standard InChI is InChI=1S/C27H34FN5O3S/c1-17(2)30(6)24(34)20-14-18(28)9-10-21(20)33-23-15-29-12-11-22(23)32(25(33)37)19-8-7-13-31(16-19)26(35)36-27(3,4)5/h9-12,14-15,17,19H,7-8,13,16H2,1-6H3. The predicted molar refractivity (Wildman–Crippen MR) is 143 cm³/mol. The SMILES string of the molecule is CC(C)N(C)C(=O)c1cc(F)ccc1-n1c(=S)n(C2CCCN(C(=O)OC(C)(C)C)C2)c2ccncc21. The second kappa shape index (κ2) is 10.2. The fourth-order valence-corrected chi connectivity index (χ4v) is 5.06. The minimum absolute atomic E-state index is 0.0688. The maximum absolute atomic E-state index is 14.4. The number of nitrogens with zero attached hydrogens (tertiary/aromatic N) is 5. The molecule has 8 nitrogen and oxygen atoms in total. The van der Waals surface area contributed by atoms with Gasteiger partial charge in [-0.15, -0.1) is 0 Å². The van der Waals surface area contributed by atoms with E-state index in [1.807, 2.05) is 45.3 Å². The van der Waals surface area contributed by atoms with Crippen LogP contribution in [-0.2, 0) is 4.74 Å². The lowest BCUT2D eigenvalue weighted by molar-refractivity contribution is 0.0173. The number of pyridine rings is 1. The van der Waals surface area contributed by atoms with Crippen LogP contribution in [0.5, 0.6) is 0 Å². The molecule has 1 atom stereocenters. The topological polar surface area (TPSA) is 72.6 Å². The van der Waals surface area contributed by atoms with Crippen molar-refractivity contribution in [1.82, 2.24) is 23.9 Å². The second-order valence-electron chi connectivity index (χ2n) is 10.7. The molecular formula is C27H34FN5O3S. The molecule has 0 N–H and O–H groups in total. The molecule has 3 heterocycles. The summed E-state index contributed by atoms with van der Waals surface area (Å²) in [7, 11) is 1.69. The lowest BCUT2D eigenvalue weighted by Gasteiger charge is -2.34. The van der Waals surface area contributed by atoms with Crippen LogP contribution >= 0.6 is 12.2 Å². The number of carbonyl (C=O) groups is 2. The summed E-state index contributed by atoms with van der Waals surface area (Å²) in [5.41, 5.74) is 1.65. The normalized spacial score (nSPS) is 16.3. The Labute approximate surface area is 221 Å². The smallest absolute Gasteiger partial charge is 0.410 e. The minimum atomic E-state index is -0.587. The number of halogens is 1. The number of carbonyl (C=O) groups excluding carboxylic acids is 2. The summed E-state index contributed by atoms with van der Waals surface area (Å²) in [4.78, 5) is 33.8. The average Bonchev–Trinajstić information content (AvgIpc) is 3.13. The van der Waals surface area contributed by atoms with Gasteiger partial charge in [0.25, 0.3) is 5.91 Å². The van der Waals surface area contributed by atoms with Crippen LogP contribution in [0.4, 0.5) is 9.18 Å². The Bertz CT molecular complexity index is 1390. The Hall–Kier alpha value is -3.27. The van der Waals surface area contributed by atoms with E-state index in [1.54, 1.807) is 39.9 Å². The Morgan fingerprint density at radius 2 is 1.95 bits per heavy atom. The summed E-state index contributed by atoms with van der Waals surface area (Å²) >= 11 is 5.99. The van der Waals surface area contributed by atoms with E-state index in [2.05, 4.69) is 4.98 Å². The van der Waals surface area contributed by atoms with E-state index in [1.165, 1.54) is 12.1 Å². The Morgan fingerprint density at radius 3 is 2.62 bits per heavy atom. The molecule has 0 aliphatic carbocycles. The van der Waals surface area contributed by atoms with E-state index in [9.17, 15) is 14.0 Å². The molecule has 2 amide bonds. The zero-order valence-electron chi connectivity index (χ0n) is 22.2. The molecule has 1 aliphatic heterocycles. The molecule has 1 aliphatic rings. The van der Waals surface area contributed by atoms with Crippen molar-refractivity contribution in [3.8, 4) is 5.69 Å². The maximum atomic E-state index is 14.4. The predicted octanol–water partition coefficient (Wildman–Crippen LogP) is 5.75. The molecule has 1 aromatic carbocycles. The lowest BCUT2D eigenvalue weighted by atomic mass is 10.1. The van der Waals surface area contributed by atoms with Crippen LogP contribution in [0.2, 0.25) is 0 Å². The van der Waals surface area contributed by atoms with Gasteiger partial charge in [-0.1, -0.05) is 0 Å². The second-order valence-corrected chi connectivity index (χ2v) is 11.1. The Kier molecular flexibility index (Phi) is 7.41. The highest BCUT2D eigenvalue weighted by atomic mass is 32.1. The molecule has 0 radical (unpaired) electrons.